The van der Waals surface area contributed by atoms with Crippen LogP contribution in [0.4, 0.5) is 0 Å². The molecule has 2 aromatic rings. The van der Waals surface area contributed by atoms with Gasteiger partial charge in [0.05, 0.1) is 16.2 Å². The van der Waals surface area contributed by atoms with Crippen molar-refractivity contribution >= 4 is 28.6 Å². The summed E-state index contributed by atoms with van der Waals surface area (Å²) in [6, 6.07) is 6.27. The molecule has 7 heteroatoms. The topological polar surface area (TPSA) is 81.5 Å². The smallest absolute Gasteiger partial charge is 0.335 e. The van der Waals surface area contributed by atoms with Crippen molar-refractivity contribution in [1.29, 1.82) is 0 Å². The standard InChI is InChI=1S/C12H9IN2O4/c1-18-10-4-5-14-12(15-10)19-9-6-7(11(16)17)2-3-8(9)13/h2-6H,1H3,(H,16,17). The SMILES string of the molecule is COc1ccnc(Oc2cc(C(=O)O)ccc2I)n1. The fraction of sp³-hybridized carbons (Fsp3) is 0.0833. The van der Waals surface area contributed by atoms with Crippen molar-refractivity contribution in [1.82, 2.24) is 9.97 Å². The molecule has 98 valence electrons. The van der Waals surface area contributed by atoms with Crippen molar-refractivity contribution < 1.29 is 19.4 Å². The van der Waals surface area contributed by atoms with Crippen LogP contribution in [0.1, 0.15) is 10.4 Å². The summed E-state index contributed by atoms with van der Waals surface area (Å²) in [6.45, 7) is 0. The third-order valence-electron chi connectivity index (χ3n) is 2.20. The van der Waals surface area contributed by atoms with Gasteiger partial charge in [0.25, 0.3) is 0 Å². The van der Waals surface area contributed by atoms with Crippen LogP contribution in [0.3, 0.4) is 0 Å². The van der Waals surface area contributed by atoms with Crippen LogP contribution in [0.5, 0.6) is 17.6 Å². The molecule has 0 aliphatic rings. The zero-order chi connectivity index (χ0) is 13.8. The molecule has 6 nitrogen and oxygen atoms in total. The quantitative estimate of drug-likeness (QED) is 0.831. The summed E-state index contributed by atoms with van der Waals surface area (Å²) in [5.41, 5.74) is 0.137. The van der Waals surface area contributed by atoms with E-state index in [1.165, 1.54) is 25.4 Å². The number of carboxylic acids is 1. The highest BCUT2D eigenvalue weighted by molar-refractivity contribution is 14.1. The van der Waals surface area contributed by atoms with Crippen LogP contribution in [-0.4, -0.2) is 28.2 Å². The number of benzene rings is 1. The molecule has 0 saturated carbocycles. The second-order valence-corrected chi connectivity index (χ2v) is 4.60. The van der Waals surface area contributed by atoms with Crippen molar-refractivity contribution in [3.8, 4) is 17.6 Å². The molecule has 0 aliphatic heterocycles. The van der Waals surface area contributed by atoms with Crippen LogP contribution in [0.15, 0.2) is 30.5 Å². The Morgan fingerprint density at radius 1 is 1.37 bits per heavy atom. The lowest BCUT2D eigenvalue weighted by Gasteiger charge is -2.07. The highest BCUT2D eigenvalue weighted by Crippen LogP contribution is 2.26. The summed E-state index contributed by atoms with van der Waals surface area (Å²) in [6.07, 6.45) is 1.50. The van der Waals surface area contributed by atoms with Crippen LogP contribution in [0.2, 0.25) is 0 Å². The normalized spacial score (nSPS) is 10.0. The number of nitrogens with zero attached hydrogens (tertiary/aromatic N) is 2. The molecule has 0 unspecified atom stereocenters. The van der Waals surface area contributed by atoms with E-state index in [1.807, 2.05) is 22.6 Å². The molecule has 0 bridgehead atoms. The minimum Gasteiger partial charge on any atom is -0.481 e. The highest BCUT2D eigenvalue weighted by Gasteiger charge is 2.10. The van der Waals surface area contributed by atoms with Gasteiger partial charge in [-0.05, 0) is 40.8 Å². The highest BCUT2D eigenvalue weighted by atomic mass is 127. The zero-order valence-electron chi connectivity index (χ0n) is 9.83. The van der Waals surface area contributed by atoms with Gasteiger partial charge in [-0.15, -0.1) is 0 Å². The van der Waals surface area contributed by atoms with Crippen molar-refractivity contribution in [3.05, 3.63) is 39.6 Å². The van der Waals surface area contributed by atoms with E-state index in [0.29, 0.717) is 11.6 Å². The predicted molar refractivity (Wildman–Crippen MR) is 74.8 cm³/mol. The number of hydrogen-bond donors (Lipinski definition) is 1. The van der Waals surface area contributed by atoms with Crippen molar-refractivity contribution in [2.75, 3.05) is 7.11 Å². The number of rotatable bonds is 4. The van der Waals surface area contributed by atoms with Gasteiger partial charge in [-0.1, -0.05) is 0 Å². The second-order valence-electron chi connectivity index (χ2n) is 3.43. The lowest BCUT2D eigenvalue weighted by Crippen LogP contribution is -1.99. The van der Waals surface area contributed by atoms with Crippen LogP contribution in [0, 0.1) is 3.57 Å². The van der Waals surface area contributed by atoms with E-state index in [1.54, 1.807) is 12.1 Å². The molecule has 0 atom stereocenters. The van der Waals surface area contributed by atoms with Gasteiger partial charge >= 0.3 is 12.0 Å². The Morgan fingerprint density at radius 3 is 2.84 bits per heavy atom. The fourth-order valence-electron chi connectivity index (χ4n) is 1.30. The van der Waals surface area contributed by atoms with Gasteiger partial charge in [0.15, 0.2) is 0 Å². The van der Waals surface area contributed by atoms with Crippen LogP contribution in [0.25, 0.3) is 0 Å². The van der Waals surface area contributed by atoms with Gasteiger partial charge in [0.2, 0.25) is 5.88 Å². The van der Waals surface area contributed by atoms with E-state index >= 15 is 0 Å². The number of carboxylic acid groups (broad SMARTS) is 1. The van der Waals surface area contributed by atoms with Crippen LogP contribution in [-0.2, 0) is 0 Å². The first kappa shape index (κ1) is 13.5. The third kappa shape index (κ3) is 3.31. The molecule has 19 heavy (non-hydrogen) atoms. The van der Waals surface area contributed by atoms with E-state index in [4.69, 9.17) is 14.6 Å². The van der Waals surface area contributed by atoms with Gasteiger partial charge < -0.3 is 14.6 Å². The minimum atomic E-state index is -1.02. The first-order chi connectivity index (χ1) is 9.10. The van der Waals surface area contributed by atoms with E-state index in [0.717, 1.165) is 3.57 Å². The Hall–Kier alpha value is -1.90. The zero-order valence-corrected chi connectivity index (χ0v) is 12.0. The maximum Gasteiger partial charge on any atom is 0.335 e. The molecule has 1 N–H and O–H groups in total. The van der Waals surface area contributed by atoms with Gasteiger partial charge in [0.1, 0.15) is 5.75 Å². The number of ether oxygens (including phenoxy) is 2. The number of aromatic carboxylic acids is 1. The van der Waals surface area contributed by atoms with E-state index in [-0.39, 0.29) is 11.6 Å². The van der Waals surface area contributed by atoms with Crippen molar-refractivity contribution in [3.63, 3.8) is 0 Å². The van der Waals surface area contributed by atoms with Gasteiger partial charge in [-0.2, -0.15) is 4.98 Å². The van der Waals surface area contributed by atoms with Gasteiger partial charge in [-0.3, -0.25) is 0 Å². The molecular formula is C12H9IN2O4. The summed E-state index contributed by atoms with van der Waals surface area (Å²) in [7, 11) is 1.49. The Balaban J connectivity index is 2.31. The molecule has 0 saturated heterocycles. The number of aromatic nitrogens is 2. The second kappa shape index (κ2) is 5.83. The molecule has 0 aliphatic carbocycles. The number of hydrogen-bond acceptors (Lipinski definition) is 5. The molecule has 2 rings (SSSR count). The first-order valence-electron chi connectivity index (χ1n) is 5.18. The van der Waals surface area contributed by atoms with E-state index in [2.05, 4.69) is 9.97 Å². The molecule has 0 fully saturated rings. The fourth-order valence-corrected chi connectivity index (χ4v) is 1.75. The molecule has 0 radical (unpaired) electrons. The Bertz CT molecular complexity index is 618. The summed E-state index contributed by atoms with van der Waals surface area (Å²) in [5, 5.41) is 8.94. The van der Waals surface area contributed by atoms with Gasteiger partial charge in [-0.25, -0.2) is 9.78 Å². The van der Waals surface area contributed by atoms with Crippen molar-refractivity contribution in [2.45, 2.75) is 0 Å². The van der Waals surface area contributed by atoms with E-state index < -0.39 is 5.97 Å². The molecular weight excluding hydrogens is 363 g/mol. The maximum atomic E-state index is 10.9. The Kier molecular flexibility index (Phi) is 4.15. The number of halogens is 1. The number of carbonyl (C=O) groups is 1. The Labute approximate surface area is 122 Å². The lowest BCUT2D eigenvalue weighted by molar-refractivity contribution is 0.0696. The van der Waals surface area contributed by atoms with Gasteiger partial charge in [0, 0.05) is 12.3 Å². The third-order valence-corrected chi connectivity index (χ3v) is 3.09. The maximum absolute atomic E-state index is 10.9. The van der Waals surface area contributed by atoms with E-state index in [9.17, 15) is 4.79 Å². The largest absolute Gasteiger partial charge is 0.481 e. The summed E-state index contributed by atoms with van der Waals surface area (Å²) in [4.78, 5) is 18.8. The average molecular weight is 372 g/mol. The lowest BCUT2D eigenvalue weighted by atomic mass is 10.2. The summed E-state index contributed by atoms with van der Waals surface area (Å²) >= 11 is 2.04. The van der Waals surface area contributed by atoms with Crippen LogP contribution >= 0.6 is 22.6 Å². The number of methoxy groups -OCH3 is 1. The molecule has 1 aromatic heterocycles. The average Bonchev–Trinajstić information content (AvgIpc) is 2.41. The molecule has 0 amide bonds. The summed E-state index contributed by atoms with van der Waals surface area (Å²) in [5.74, 6) is -0.268. The molecule has 1 aromatic carbocycles. The predicted octanol–water partition coefficient (Wildman–Crippen LogP) is 2.58. The Morgan fingerprint density at radius 2 is 2.16 bits per heavy atom. The monoisotopic (exact) mass is 372 g/mol. The molecule has 0 spiro atoms. The van der Waals surface area contributed by atoms with Crippen molar-refractivity contribution in [2.24, 2.45) is 0 Å². The van der Waals surface area contributed by atoms with Crippen LogP contribution < -0.4 is 9.47 Å². The summed E-state index contributed by atoms with van der Waals surface area (Å²) < 4.78 is 11.2. The molecule has 1 heterocycles. The minimum absolute atomic E-state index is 0.0970. The first-order valence-corrected chi connectivity index (χ1v) is 6.26.